The van der Waals surface area contributed by atoms with Crippen molar-refractivity contribution in [3.05, 3.63) is 23.9 Å². The normalized spacial score (nSPS) is 18.8. The van der Waals surface area contributed by atoms with Crippen LogP contribution in [0, 0.1) is 30.0 Å². The van der Waals surface area contributed by atoms with Crippen molar-refractivity contribution in [2.45, 2.75) is 65.0 Å². The summed E-state index contributed by atoms with van der Waals surface area (Å²) in [5.74, 6) is -0.285. The van der Waals surface area contributed by atoms with Crippen molar-refractivity contribution in [1.82, 2.24) is 25.1 Å². The van der Waals surface area contributed by atoms with E-state index in [0.29, 0.717) is 18.0 Å². The van der Waals surface area contributed by atoms with Gasteiger partial charge < -0.3 is 15.4 Å². The minimum atomic E-state index is -0.804. The highest BCUT2D eigenvalue weighted by Crippen LogP contribution is 2.27. The molecule has 3 rings (SSSR count). The van der Waals surface area contributed by atoms with Gasteiger partial charge in [-0.1, -0.05) is 0 Å². The molecule has 0 unspecified atom stereocenters. The number of nitrogens with one attached hydrogen (secondary N) is 2. The molecule has 2 aromatic heterocycles. The molecule has 1 amide bonds. The lowest BCUT2D eigenvalue weighted by atomic mass is 9.86. The van der Waals surface area contributed by atoms with Gasteiger partial charge in [0.2, 0.25) is 17.7 Å². The van der Waals surface area contributed by atoms with Crippen LogP contribution in [0.1, 0.15) is 52.1 Å². The number of hydrogen-bond donors (Lipinski definition) is 2. The molecule has 2 aromatic rings. The molecule has 0 spiro atoms. The Morgan fingerprint density at radius 3 is 2.74 bits per heavy atom. The number of rotatable bonds is 7. The first-order valence-corrected chi connectivity index (χ1v) is 10.4. The Balaban J connectivity index is 1.61. The van der Waals surface area contributed by atoms with Gasteiger partial charge in [0.15, 0.2) is 0 Å². The molecule has 0 saturated heterocycles. The average molecular weight is 430 g/mol. The molecular formula is C21H28FN7O2. The summed E-state index contributed by atoms with van der Waals surface area (Å²) in [6.45, 7) is 7.19. The molecule has 0 aliphatic heterocycles. The van der Waals surface area contributed by atoms with Gasteiger partial charge in [0.25, 0.3) is 5.88 Å². The molecule has 2 N–H and O–H groups in total. The molecule has 1 fully saturated rings. The number of carbonyl (C=O) groups excluding carboxylic acids is 1. The molecule has 31 heavy (non-hydrogen) atoms. The van der Waals surface area contributed by atoms with Crippen molar-refractivity contribution in [3.8, 4) is 11.9 Å². The van der Waals surface area contributed by atoms with E-state index in [9.17, 15) is 14.4 Å². The minimum absolute atomic E-state index is 0.0141. The van der Waals surface area contributed by atoms with Crippen molar-refractivity contribution >= 4 is 17.5 Å². The molecule has 1 aliphatic rings. The van der Waals surface area contributed by atoms with Gasteiger partial charge in [-0.05, 0) is 52.4 Å². The standard InChI is InChI=1S/C21H28FN7O2/c1-13-18(10-29(28-13)21(3,4)12-23)26-20-24-9-17(22)19(27-20)31-11-15-5-7-16(8-6-15)25-14(2)30/h9-10,15-16H,5-8,11H2,1-4H3,(H,25,30)(H,24,26,27)/t15-,16-. The summed E-state index contributed by atoms with van der Waals surface area (Å²) in [6, 6.07) is 2.39. The summed E-state index contributed by atoms with van der Waals surface area (Å²) < 4.78 is 21.4. The second-order valence-electron chi connectivity index (χ2n) is 8.44. The molecule has 0 radical (unpaired) electrons. The third-order valence-electron chi connectivity index (χ3n) is 5.41. The Bertz CT molecular complexity index is 975. The van der Waals surface area contributed by atoms with E-state index in [4.69, 9.17) is 4.74 Å². The van der Waals surface area contributed by atoms with Gasteiger partial charge in [-0.3, -0.25) is 9.48 Å². The van der Waals surface area contributed by atoms with Crippen molar-refractivity contribution in [2.75, 3.05) is 11.9 Å². The molecule has 2 heterocycles. The number of nitriles is 1. The summed E-state index contributed by atoms with van der Waals surface area (Å²) in [4.78, 5) is 19.3. The van der Waals surface area contributed by atoms with Gasteiger partial charge in [0.1, 0.15) is 5.54 Å². The number of carbonyl (C=O) groups is 1. The Hall–Kier alpha value is -3.22. The minimum Gasteiger partial charge on any atom is -0.475 e. The van der Waals surface area contributed by atoms with Crippen LogP contribution in [0.25, 0.3) is 0 Å². The van der Waals surface area contributed by atoms with Crippen LogP contribution in [0.3, 0.4) is 0 Å². The summed E-state index contributed by atoms with van der Waals surface area (Å²) in [5, 5.41) is 19.6. The van der Waals surface area contributed by atoms with E-state index in [2.05, 4.69) is 31.8 Å². The van der Waals surface area contributed by atoms with Crippen molar-refractivity contribution in [2.24, 2.45) is 5.92 Å². The Morgan fingerprint density at radius 1 is 1.39 bits per heavy atom. The summed E-state index contributed by atoms with van der Waals surface area (Å²) >= 11 is 0. The zero-order chi connectivity index (χ0) is 22.6. The second kappa shape index (κ2) is 9.29. The SMILES string of the molecule is CC(=O)N[C@H]1CC[C@H](COc2nc(Nc3cn(C(C)(C)C#N)nc3C)ncc2F)CC1. The number of aryl methyl sites for hydroxylation is 1. The molecule has 0 aromatic carbocycles. The predicted molar refractivity (Wildman–Crippen MR) is 112 cm³/mol. The summed E-state index contributed by atoms with van der Waals surface area (Å²) in [5.41, 5.74) is 0.480. The van der Waals surface area contributed by atoms with Crippen molar-refractivity contribution in [1.29, 1.82) is 5.26 Å². The number of halogens is 1. The Morgan fingerprint density at radius 2 is 2.10 bits per heavy atom. The van der Waals surface area contributed by atoms with Gasteiger partial charge in [0, 0.05) is 13.0 Å². The molecule has 166 valence electrons. The molecule has 1 aliphatic carbocycles. The van der Waals surface area contributed by atoms with E-state index in [0.717, 1.165) is 31.9 Å². The second-order valence-corrected chi connectivity index (χ2v) is 8.44. The molecular weight excluding hydrogens is 401 g/mol. The maximum absolute atomic E-state index is 14.2. The lowest BCUT2D eigenvalue weighted by Gasteiger charge is -2.28. The molecule has 1 saturated carbocycles. The third kappa shape index (κ3) is 5.69. The maximum Gasteiger partial charge on any atom is 0.255 e. The van der Waals surface area contributed by atoms with Crippen LogP contribution < -0.4 is 15.4 Å². The highest BCUT2D eigenvalue weighted by atomic mass is 19.1. The van der Waals surface area contributed by atoms with E-state index in [1.165, 1.54) is 6.92 Å². The number of hydrogen-bond acceptors (Lipinski definition) is 7. The molecule has 0 atom stereocenters. The average Bonchev–Trinajstić information content (AvgIpc) is 3.10. The smallest absolute Gasteiger partial charge is 0.255 e. The van der Waals surface area contributed by atoms with Gasteiger partial charge in [-0.15, -0.1) is 0 Å². The van der Waals surface area contributed by atoms with Crippen LogP contribution in [-0.4, -0.2) is 38.3 Å². The van der Waals surface area contributed by atoms with E-state index in [-0.39, 0.29) is 29.7 Å². The summed E-state index contributed by atoms with van der Waals surface area (Å²) in [7, 11) is 0. The number of amides is 1. The Kier molecular flexibility index (Phi) is 6.73. The topological polar surface area (TPSA) is 118 Å². The Labute approximate surface area is 181 Å². The zero-order valence-corrected chi connectivity index (χ0v) is 18.3. The quantitative estimate of drug-likeness (QED) is 0.694. The van der Waals surface area contributed by atoms with Gasteiger partial charge in [-0.2, -0.15) is 19.7 Å². The number of anilines is 2. The van der Waals surface area contributed by atoms with Gasteiger partial charge in [-0.25, -0.2) is 4.98 Å². The predicted octanol–water partition coefficient (Wildman–Crippen LogP) is 3.20. The molecule has 0 bridgehead atoms. The first kappa shape index (κ1) is 22.5. The van der Waals surface area contributed by atoms with E-state index >= 15 is 0 Å². The van der Waals surface area contributed by atoms with Crippen LogP contribution in [-0.2, 0) is 10.3 Å². The van der Waals surface area contributed by atoms with E-state index < -0.39 is 11.4 Å². The lowest BCUT2D eigenvalue weighted by molar-refractivity contribution is -0.119. The number of aromatic nitrogens is 4. The van der Waals surface area contributed by atoms with Crippen LogP contribution in [0.15, 0.2) is 12.4 Å². The largest absolute Gasteiger partial charge is 0.475 e. The molecule has 9 nitrogen and oxygen atoms in total. The monoisotopic (exact) mass is 429 g/mol. The number of ether oxygens (including phenoxy) is 1. The van der Waals surface area contributed by atoms with Gasteiger partial charge in [0.05, 0.1) is 36.5 Å². The van der Waals surface area contributed by atoms with Crippen molar-refractivity contribution in [3.63, 3.8) is 0 Å². The zero-order valence-electron chi connectivity index (χ0n) is 18.3. The van der Waals surface area contributed by atoms with Crippen LogP contribution in [0.4, 0.5) is 16.0 Å². The lowest BCUT2D eigenvalue weighted by Crippen LogP contribution is -2.37. The van der Waals surface area contributed by atoms with Crippen LogP contribution >= 0.6 is 0 Å². The molecule has 10 heteroatoms. The first-order valence-electron chi connectivity index (χ1n) is 10.4. The van der Waals surface area contributed by atoms with Crippen LogP contribution in [0.5, 0.6) is 5.88 Å². The fourth-order valence-corrected chi connectivity index (χ4v) is 3.51. The fraction of sp³-hybridized carbons (Fsp3) is 0.571. The van der Waals surface area contributed by atoms with Crippen molar-refractivity contribution < 1.29 is 13.9 Å². The van der Waals surface area contributed by atoms with E-state index in [1.54, 1.807) is 31.6 Å². The van der Waals surface area contributed by atoms with Crippen LogP contribution in [0.2, 0.25) is 0 Å². The maximum atomic E-state index is 14.2. The fourth-order valence-electron chi connectivity index (χ4n) is 3.51. The highest BCUT2D eigenvalue weighted by molar-refractivity contribution is 5.73. The highest BCUT2D eigenvalue weighted by Gasteiger charge is 2.24. The van der Waals surface area contributed by atoms with Gasteiger partial charge >= 0.3 is 0 Å². The summed E-state index contributed by atoms with van der Waals surface area (Å²) in [6.07, 6.45) is 6.33. The number of nitrogens with zero attached hydrogens (tertiary/aromatic N) is 5. The first-order chi connectivity index (χ1) is 14.7. The third-order valence-corrected chi connectivity index (χ3v) is 5.41. The van der Waals surface area contributed by atoms with E-state index in [1.807, 2.05) is 0 Å².